The largest absolute Gasteiger partial charge is 0.369 e. The number of anilines is 2. The molecule has 2 fully saturated rings. The van der Waals surface area contributed by atoms with E-state index in [2.05, 4.69) is 29.0 Å². The molecule has 0 bridgehead atoms. The average molecular weight is 358 g/mol. The highest BCUT2D eigenvalue weighted by molar-refractivity contribution is 5.92. The first-order valence-corrected chi connectivity index (χ1v) is 9.64. The number of rotatable bonds is 5. The highest BCUT2D eigenvalue weighted by Gasteiger charge is 2.20. The van der Waals surface area contributed by atoms with Crippen LogP contribution in [0.1, 0.15) is 26.2 Å². The van der Waals surface area contributed by atoms with Crippen LogP contribution in [0.15, 0.2) is 24.3 Å². The van der Waals surface area contributed by atoms with Gasteiger partial charge in [0.2, 0.25) is 11.8 Å². The standard InChI is InChI=1S/C20H30N4O2/c1-17(25)24(12-9-20(26)23-10-3-4-11-23)19-7-5-18(6-8-19)22-15-13-21(2)14-16-22/h5-8H,3-4,9-16H2,1-2H3. The van der Waals surface area contributed by atoms with E-state index in [-0.39, 0.29) is 11.8 Å². The number of hydrogen-bond acceptors (Lipinski definition) is 4. The maximum atomic E-state index is 12.3. The molecule has 0 saturated carbocycles. The number of carbonyl (C=O) groups is 2. The Morgan fingerprint density at radius 1 is 0.962 bits per heavy atom. The minimum absolute atomic E-state index is 0.0217. The molecular formula is C20H30N4O2. The Hall–Kier alpha value is -2.08. The van der Waals surface area contributed by atoms with Crippen molar-refractivity contribution >= 4 is 23.2 Å². The van der Waals surface area contributed by atoms with Crippen molar-refractivity contribution in [1.29, 1.82) is 0 Å². The molecule has 26 heavy (non-hydrogen) atoms. The van der Waals surface area contributed by atoms with E-state index in [0.29, 0.717) is 13.0 Å². The van der Waals surface area contributed by atoms with Crippen LogP contribution >= 0.6 is 0 Å². The molecule has 3 rings (SSSR count). The molecule has 0 radical (unpaired) electrons. The molecular weight excluding hydrogens is 328 g/mol. The van der Waals surface area contributed by atoms with Crippen molar-refractivity contribution in [2.45, 2.75) is 26.2 Å². The third-order valence-electron chi connectivity index (χ3n) is 5.42. The summed E-state index contributed by atoms with van der Waals surface area (Å²) in [6.45, 7) is 7.91. The summed E-state index contributed by atoms with van der Waals surface area (Å²) in [7, 11) is 2.15. The normalized spacial score (nSPS) is 18.2. The number of likely N-dealkylation sites (N-methyl/N-ethyl adjacent to an activating group) is 1. The lowest BCUT2D eigenvalue weighted by Crippen LogP contribution is -2.44. The Morgan fingerprint density at radius 2 is 1.58 bits per heavy atom. The van der Waals surface area contributed by atoms with Gasteiger partial charge in [0.25, 0.3) is 0 Å². The first-order valence-electron chi connectivity index (χ1n) is 9.64. The fraction of sp³-hybridized carbons (Fsp3) is 0.600. The van der Waals surface area contributed by atoms with E-state index in [1.807, 2.05) is 17.0 Å². The topological polar surface area (TPSA) is 47.1 Å². The van der Waals surface area contributed by atoms with Crippen LogP contribution in [-0.2, 0) is 9.59 Å². The number of carbonyl (C=O) groups excluding carboxylic acids is 2. The quantitative estimate of drug-likeness (QED) is 0.805. The molecule has 1 aromatic rings. The van der Waals surface area contributed by atoms with Gasteiger partial charge < -0.3 is 19.6 Å². The summed E-state index contributed by atoms with van der Waals surface area (Å²) < 4.78 is 0. The molecule has 2 aliphatic rings. The van der Waals surface area contributed by atoms with Gasteiger partial charge in [-0.3, -0.25) is 9.59 Å². The van der Waals surface area contributed by atoms with E-state index < -0.39 is 0 Å². The maximum Gasteiger partial charge on any atom is 0.224 e. The van der Waals surface area contributed by atoms with Crippen LogP contribution in [0.3, 0.4) is 0 Å². The van der Waals surface area contributed by atoms with E-state index in [1.165, 1.54) is 5.69 Å². The molecule has 0 aliphatic carbocycles. The minimum atomic E-state index is -0.0217. The van der Waals surface area contributed by atoms with Crippen LogP contribution in [0, 0.1) is 0 Å². The smallest absolute Gasteiger partial charge is 0.224 e. The predicted octanol–water partition coefficient (Wildman–Crippen LogP) is 1.80. The summed E-state index contributed by atoms with van der Waals surface area (Å²) in [5, 5.41) is 0. The molecule has 0 spiro atoms. The van der Waals surface area contributed by atoms with Gasteiger partial charge in [-0.2, -0.15) is 0 Å². The summed E-state index contributed by atoms with van der Waals surface area (Å²) in [6.07, 6.45) is 2.58. The Balaban J connectivity index is 1.60. The molecule has 142 valence electrons. The summed E-state index contributed by atoms with van der Waals surface area (Å²) in [5.41, 5.74) is 2.06. The van der Waals surface area contributed by atoms with Crippen molar-refractivity contribution in [2.24, 2.45) is 0 Å². The van der Waals surface area contributed by atoms with E-state index in [9.17, 15) is 9.59 Å². The molecule has 0 aromatic heterocycles. The number of hydrogen-bond donors (Lipinski definition) is 0. The molecule has 2 amide bonds. The van der Waals surface area contributed by atoms with Crippen LogP contribution < -0.4 is 9.80 Å². The number of likely N-dealkylation sites (tertiary alicyclic amines) is 1. The van der Waals surface area contributed by atoms with Crippen molar-refractivity contribution < 1.29 is 9.59 Å². The van der Waals surface area contributed by atoms with Crippen LogP contribution in [0.25, 0.3) is 0 Å². The minimum Gasteiger partial charge on any atom is -0.369 e. The molecule has 0 atom stereocenters. The second-order valence-electron chi connectivity index (χ2n) is 7.32. The molecule has 2 aliphatic heterocycles. The second kappa shape index (κ2) is 8.54. The van der Waals surface area contributed by atoms with Gasteiger partial charge in [-0.05, 0) is 44.2 Å². The first-order chi connectivity index (χ1) is 12.5. The zero-order valence-corrected chi connectivity index (χ0v) is 16.0. The predicted molar refractivity (Wildman–Crippen MR) is 105 cm³/mol. The van der Waals surface area contributed by atoms with Crippen LogP contribution in [-0.4, -0.2) is 74.5 Å². The van der Waals surface area contributed by atoms with Gasteiger partial charge in [0, 0.05) is 70.5 Å². The van der Waals surface area contributed by atoms with Crippen LogP contribution in [0.5, 0.6) is 0 Å². The van der Waals surface area contributed by atoms with E-state index in [1.54, 1.807) is 11.8 Å². The van der Waals surface area contributed by atoms with E-state index >= 15 is 0 Å². The Labute approximate surface area is 156 Å². The van der Waals surface area contributed by atoms with Crippen molar-refractivity contribution in [3.05, 3.63) is 24.3 Å². The highest BCUT2D eigenvalue weighted by Crippen LogP contribution is 2.22. The van der Waals surface area contributed by atoms with Crippen molar-refractivity contribution in [3.8, 4) is 0 Å². The number of piperazine rings is 1. The SMILES string of the molecule is CC(=O)N(CCC(=O)N1CCCC1)c1ccc(N2CCN(C)CC2)cc1. The maximum absolute atomic E-state index is 12.3. The zero-order chi connectivity index (χ0) is 18.5. The third-order valence-corrected chi connectivity index (χ3v) is 5.42. The lowest BCUT2D eigenvalue weighted by molar-refractivity contribution is -0.129. The zero-order valence-electron chi connectivity index (χ0n) is 16.0. The summed E-state index contributed by atoms with van der Waals surface area (Å²) in [4.78, 5) is 32.7. The molecule has 0 N–H and O–H groups in total. The molecule has 2 heterocycles. The molecule has 6 nitrogen and oxygen atoms in total. The van der Waals surface area contributed by atoms with Crippen LogP contribution in [0.2, 0.25) is 0 Å². The van der Waals surface area contributed by atoms with Crippen molar-refractivity contribution in [2.75, 3.05) is 62.7 Å². The number of amides is 2. The monoisotopic (exact) mass is 358 g/mol. The summed E-state index contributed by atoms with van der Waals surface area (Å²) in [5.74, 6) is 0.134. The second-order valence-corrected chi connectivity index (χ2v) is 7.32. The molecule has 1 aromatic carbocycles. The fourth-order valence-corrected chi connectivity index (χ4v) is 3.71. The Bertz CT molecular complexity index is 617. The van der Waals surface area contributed by atoms with Gasteiger partial charge in [-0.1, -0.05) is 0 Å². The van der Waals surface area contributed by atoms with Crippen LogP contribution in [0.4, 0.5) is 11.4 Å². The molecule has 0 unspecified atom stereocenters. The number of nitrogens with zero attached hydrogens (tertiary/aromatic N) is 4. The lowest BCUT2D eigenvalue weighted by atomic mass is 10.2. The summed E-state index contributed by atoms with van der Waals surface area (Å²) >= 11 is 0. The van der Waals surface area contributed by atoms with E-state index in [4.69, 9.17) is 0 Å². The van der Waals surface area contributed by atoms with Gasteiger partial charge in [-0.25, -0.2) is 0 Å². The van der Waals surface area contributed by atoms with E-state index in [0.717, 1.165) is 57.8 Å². The average Bonchev–Trinajstić information content (AvgIpc) is 3.17. The van der Waals surface area contributed by atoms with Crippen molar-refractivity contribution in [3.63, 3.8) is 0 Å². The lowest BCUT2D eigenvalue weighted by Gasteiger charge is -2.34. The van der Waals surface area contributed by atoms with Crippen molar-refractivity contribution in [1.82, 2.24) is 9.80 Å². The first kappa shape index (κ1) is 18.7. The van der Waals surface area contributed by atoms with Gasteiger partial charge in [0.1, 0.15) is 0 Å². The third kappa shape index (κ3) is 4.55. The Morgan fingerprint density at radius 3 is 2.15 bits per heavy atom. The van der Waals surface area contributed by atoms with Gasteiger partial charge in [0.05, 0.1) is 0 Å². The van der Waals surface area contributed by atoms with Gasteiger partial charge >= 0.3 is 0 Å². The van der Waals surface area contributed by atoms with Gasteiger partial charge in [-0.15, -0.1) is 0 Å². The molecule has 2 saturated heterocycles. The number of benzene rings is 1. The fourth-order valence-electron chi connectivity index (χ4n) is 3.71. The van der Waals surface area contributed by atoms with Gasteiger partial charge in [0.15, 0.2) is 0 Å². The highest BCUT2D eigenvalue weighted by atomic mass is 16.2. The Kier molecular flexibility index (Phi) is 6.14. The molecule has 6 heteroatoms. The summed E-state index contributed by atoms with van der Waals surface area (Å²) in [6, 6.07) is 8.16.